The van der Waals surface area contributed by atoms with Crippen molar-refractivity contribution in [2.45, 2.75) is 12.8 Å². The van der Waals surface area contributed by atoms with Crippen molar-refractivity contribution in [3.05, 3.63) is 57.8 Å². The van der Waals surface area contributed by atoms with Crippen LogP contribution in [0, 0.1) is 11.8 Å². The number of carbonyl (C=O) groups is 3. The van der Waals surface area contributed by atoms with Gasteiger partial charge in [0.05, 0.1) is 33.1 Å². The number of thiophene rings is 1. The molecule has 2 heterocycles. The van der Waals surface area contributed by atoms with Crippen LogP contribution in [-0.2, 0) is 9.59 Å². The highest BCUT2D eigenvalue weighted by Gasteiger charge is 2.47. The second kappa shape index (κ2) is 6.70. The van der Waals surface area contributed by atoms with E-state index in [1.54, 1.807) is 30.3 Å². The quantitative estimate of drug-likeness (QED) is 0.637. The molecule has 0 spiro atoms. The van der Waals surface area contributed by atoms with Gasteiger partial charge >= 0.3 is 0 Å². The molecule has 3 amide bonds. The normalized spacial score (nSPS) is 21.8. The van der Waals surface area contributed by atoms with E-state index in [2.05, 4.69) is 5.32 Å². The Kier molecular flexibility index (Phi) is 4.38. The summed E-state index contributed by atoms with van der Waals surface area (Å²) >= 11 is 7.62. The first-order valence-electron chi connectivity index (χ1n) is 8.23. The summed E-state index contributed by atoms with van der Waals surface area (Å²) in [6, 6.07) is 8.31. The molecule has 1 aliphatic heterocycles. The molecular weight excluding hydrogens is 372 g/mol. The van der Waals surface area contributed by atoms with Crippen LogP contribution in [0.2, 0.25) is 5.02 Å². The Morgan fingerprint density at radius 1 is 1.12 bits per heavy atom. The summed E-state index contributed by atoms with van der Waals surface area (Å²) in [5.41, 5.74) is 0.875. The number of rotatable bonds is 3. The predicted molar refractivity (Wildman–Crippen MR) is 102 cm³/mol. The molecule has 26 heavy (non-hydrogen) atoms. The minimum Gasteiger partial charge on any atom is -0.320 e. The van der Waals surface area contributed by atoms with Gasteiger partial charge in [-0.1, -0.05) is 29.8 Å². The Morgan fingerprint density at radius 3 is 2.38 bits per heavy atom. The number of hydrogen-bond donors (Lipinski definition) is 1. The Hall–Kier alpha value is -2.44. The first-order valence-corrected chi connectivity index (χ1v) is 9.49. The first kappa shape index (κ1) is 17.0. The number of nitrogens with one attached hydrogen (secondary N) is 1. The number of imide groups is 1. The van der Waals surface area contributed by atoms with E-state index in [0.29, 0.717) is 29.1 Å². The minimum atomic E-state index is -0.288. The Labute approximate surface area is 159 Å². The van der Waals surface area contributed by atoms with Crippen molar-refractivity contribution in [2.24, 2.45) is 11.8 Å². The lowest BCUT2D eigenvalue weighted by Gasteiger charge is -2.16. The van der Waals surface area contributed by atoms with Crippen molar-refractivity contribution in [3.63, 3.8) is 0 Å². The van der Waals surface area contributed by atoms with Crippen molar-refractivity contribution >= 4 is 52.0 Å². The van der Waals surface area contributed by atoms with Gasteiger partial charge in [-0.05, 0) is 42.5 Å². The standard InChI is InChI=1S/C19H15ClN2O3S/c20-14-10-11(7-8-15(14)21-17(23)16-6-3-9-26-16)22-18(24)12-4-1-2-5-13(12)19(22)25/h1-3,6-10,12-13H,4-5H2,(H,21,23)/t12-,13+. The lowest BCUT2D eigenvalue weighted by Crippen LogP contribution is -2.30. The average Bonchev–Trinajstić information content (AvgIpc) is 3.26. The summed E-state index contributed by atoms with van der Waals surface area (Å²) in [7, 11) is 0. The number of carbonyl (C=O) groups excluding carboxylic acids is 3. The number of allylic oxidation sites excluding steroid dienone is 2. The van der Waals surface area contributed by atoms with Crippen LogP contribution >= 0.6 is 22.9 Å². The van der Waals surface area contributed by atoms with E-state index < -0.39 is 0 Å². The molecule has 132 valence electrons. The molecule has 0 radical (unpaired) electrons. The Balaban J connectivity index is 1.57. The number of nitrogens with zero attached hydrogens (tertiary/aromatic N) is 1. The molecule has 2 aromatic rings. The third-order valence-electron chi connectivity index (χ3n) is 4.71. The molecule has 0 unspecified atom stereocenters. The molecule has 7 heteroatoms. The summed E-state index contributed by atoms with van der Waals surface area (Å²) < 4.78 is 0. The fourth-order valence-electron chi connectivity index (χ4n) is 3.39. The Bertz CT molecular complexity index is 897. The van der Waals surface area contributed by atoms with Crippen LogP contribution in [0.4, 0.5) is 11.4 Å². The fourth-order valence-corrected chi connectivity index (χ4v) is 4.23. The number of anilines is 2. The summed E-state index contributed by atoms with van der Waals surface area (Å²) in [4.78, 5) is 39.2. The van der Waals surface area contributed by atoms with E-state index in [-0.39, 0.29) is 34.6 Å². The molecule has 0 bridgehead atoms. The van der Waals surface area contributed by atoms with Gasteiger partial charge in [0.1, 0.15) is 0 Å². The molecule has 1 N–H and O–H groups in total. The van der Waals surface area contributed by atoms with E-state index in [1.165, 1.54) is 16.2 Å². The number of fused-ring (bicyclic) bond motifs is 1. The van der Waals surface area contributed by atoms with Crippen LogP contribution in [0.15, 0.2) is 47.9 Å². The van der Waals surface area contributed by atoms with Crippen LogP contribution in [-0.4, -0.2) is 17.7 Å². The number of amides is 3. The van der Waals surface area contributed by atoms with Crippen LogP contribution in [0.5, 0.6) is 0 Å². The lowest BCUT2D eigenvalue weighted by molar-refractivity contribution is -0.122. The molecule has 5 nitrogen and oxygen atoms in total. The van der Waals surface area contributed by atoms with Gasteiger partial charge in [-0.2, -0.15) is 0 Å². The zero-order valence-electron chi connectivity index (χ0n) is 13.6. The SMILES string of the molecule is O=C(Nc1ccc(N2C(=O)[C@H]3CC=CC[C@H]3C2=O)cc1Cl)c1cccs1. The summed E-state index contributed by atoms with van der Waals surface area (Å²) in [5, 5.41) is 4.84. The molecule has 1 fully saturated rings. The molecule has 1 saturated heterocycles. The Morgan fingerprint density at radius 2 is 1.81 bits per heavy atom. The van der Waals surface area contributed by atoms with Crippen LogP contribution < -0.4 is 10.2 Å². The maximum absolute atomic E-state index is 12.6. The van der Waals surface area contributed by atoms with Crippen LogP contribution in [0.1, 0.15) is 22.5 Å². The maximum Gasteiger partial charge on any atom is 0.265 e. The highest BCUT2D eigenvalue weighted by molar-refractivity contribution is 7.12. The zero-order valence-corrected chi connectivity index (χ0v) is 15.2. The largest absolute Gasteiger partial charge is 0.320 e. The molecule has 4 rings (SSSR count). The third kappa shape index (κ3) is 2.85. The zero-order chi connectivity index (χ0) is 18.3. The van der Waals surface area contributed by atoms with Crippen molar-refractivity contribution in [1.29, 1.82) is 0 Å². The molecule has 1 aromatic carbocycles. The number of halogens is 1. The highest BCUT2D eigenvalue weighted by atomic mass is 35.5. The van der Waals surface area contributed by atoms with Crippen molar-refractivity contribution in [3.8, 4) is 0 Å². The lowest BCUT2D eigenvalue weighted by atomic mass is 9.85. The molecule has 0 saturated carbocycles. The second-order valence-electron chi connectivity index (χ2n) is 6.26. The van der Waals surface area contributed by atoms with E-state index in [0.717, 1.165) is 0 Å². The van der Waals surface area contributed by atoms with Crippen molar-refractivity contribution in [2.75, 3.05) is 10.2 Å². The van der Waals surface area contributed by atoms with Gasteiger partial charge in [0.15, 0.2) is 0 Å². The third-order valence-corrected chi connectivity index (χ3v) is 5.89. The van der Waals surface area contributed by atoms with Gasteiger partial charge in [-0.3, -0.25) is 14.4 Å². The summed E-state index contributed by atoms with van der Waals surface area (Å²) in [6.07, 6.45) is 5.08. The smallest absolute Gasteiger partial charge is 0.265 e. The molecule has 2 aliphatic rings. The monoisotopic (exact) mass is 386 g/mol. The summed E-state index contributed by atoms with van der Waals surface area (Å²) in [5.74, 6) is -1.19. The van der Waals surface area contributed by atoms with Crippen LogP contribution in [0.25, 0.3) is 0 Å². The van der Waals surface area contributed by atoms with Crippen LogP contribution in [0.3, 0.4) is 0 Å². The molecular formula is C19H15ClN2O3S. The number of hydrogen-bond acceptors (Lipinski definition) is 4. The van der Waals surface area contributed by atoms with E-state index in [9.17, 15) is 14.4 Å². The molecule has 1 aliphatic carbocycles. The van der Waals surface area contributed by atoms with E-state index in [1.807, 2.05) is 17.5 Å². The molecule has 1 aromatic heterocycles. The highest BCUT2D eigenvalue weighted by Crippen LogP contribution is 2.39. The first-order chi connectivity index (χ1) is 12.6. The van der Waals surface area contributed by atoms with E-state index in [4.69, 9.17) is 11.6 Å². The second-order valence-corrected chi connectivity index (χ2v) is 7.62. The number of benzene rings is 1. The van der Waals surface area contributed by atoms with Gasteiger partial charge < -0.3 is 5.32 Å². The van der Waals surface area contributed by atoms with Crippen molar-refractivity contribution < 1.29 is 14.4 Å². The van der Waals surface area contributed by atoms with Gasteiger partial charge in [-0.15, -0.1) is 11.3 Å². The molecule has 2 atom stereocenters. The van der Waals surface area contributed by atoms with E-state index >= 15 is 0 Å². The topological polar surface area (TPSA) is 66.5 Å². The maximum atomic E-state index is 12.6. The fraction of sp³-hybridized carbons (Fsp3) is 0.211. The summed E-state index contributed by atoms with van der Waals surface area (Å²) in [6.45, 7) is 0. The average molecular weight is 387 g/mol. The van der Waals surface area contributed by atoms with Gasteiger partial charge in [0.2, 0.25) is 11.8 Å². The minimum absolute atomic E-state index is 0.184. The predicted octanol–water partition coefficient (Wildman–Crippen LogP) is 4.11. The van der Waals surface area contributed by atoms with Gasteiger partial charge in [0, 0.05) is 0 Å². The van der Waals surface area contributed by atoms with Gasteiger partial charge in [0.25, 0.3) is 5.91 Å². The van der Waals surface area contributed by atoms with Gasteiger partial charge in [-0.25, -0.2) is 4.90 Å². The van der Waals surface area contributed by atoms with Crippen molar-refractivity contribution in [1.82, 2.24) is 0 Å².